The Kier molecular flexibility index (Phi) is 3.10. The van der Waals surface area contributed by atoms with Gasteiger partial charge in [-0.15, -0.1) is 0 Å². The van der Waals surface area contributed by atoms with E-state index in [-0.39, 0.29) is 0 Å². The van der Waals surface area contributed by atoms with E-state index in [2.05, 4.69) is 25.9 Å². The van der Waals surface area contributed by atoms with Crippen LogP contribution in [0, 0.1) is 6.92 Å². The van der Waals surface area contributed by atoms with Gasteiger partial charge in [-0.1, -0.05) is 0 Å². The Morgan fingerprint density at radius 3 is 2.80 bits per heavy atom. The van der Waals surface area contributed by atoms with Crippen LogP contribution in [0.4, 0.5) is 5.95 Å². The largest absolute Gasteiger partial charge is 0.496 e. The van der Waals surface area contributed by atoms with Crippen LogP contribution in [0.1, 0.15) is 5.56 Å². The highest BCUT2D eigenvalue weighted by Crippen LogP contribution is 2.30. The molecule has 102 valence electrons. The molecule has 3 rings (SSSR count). The van der Waals surface area contributed by atoms with E-state index >= 15 is 0 Å². The van der Waals surface area contributed by atoms with E-state index in [0.29, 0.717) is 5.95 Å². The molecule has 2 heterocycles. The third kappa shape index (κ3) is 1.92. The molecule has 0 aliphatic heterocycles. The first kappa shape index (κ1) is 12.9. The highest BCUT2D eigenvalue weighted by Gasteiger charge is 2.13. The fourth-order valence-electron chi connectivity index (χ4n) is 2.16. The number of anilines is 1. The van der Waals surface area contributed by atoms with Gasteiger partial charge in [-0.2, -0.15) is 0 Å². The molecular formula is C14H13BrN4O. The Morgan fingerprint density at radius 1 is 1.30 bits per heavy atom. The topological polar surface area (TPSA) is 66.0 Å². The summed E-state index contributed by atoms with van der Waals surface area (Å²) in [7, 11) is 1.63. The van der Waals surface area contributed by atoms with Gasteiger partial charge in [-0.05, 0) is 52.7 Å². The summed E-state index contributed by atoms with van der Waals surface area (Å²) >= 11 is 3.48. The smallest absolute Gasteiger partial charge is 0.207 e. The fraction of sp³-hybridized carbons (Fsp3) is 0.143. The van der Waals surface area contributed by atoms with E-state index in [1.807, 2.05) is 35.8 Å². The number of fused-ring (bicyclic) bond motifs is 1. The lowest BCUT2D eigenvalue weighted by atomic mass is 10.2. The van der Waals surface area contributed by atoms with E-state index in [1.165, 1.54) is 0 Å². The molecule has 5 nitrogen and oxygen atoms in total. The third-order valence-electron chi connectivity index (χ3n) is 3.17. The number of pyridine rings is 1. The van der Waals surface area contributed by atoms with E-state index < -0.39 is 0 Å². The van der Waals surface area contributed by atoms with Crippen molar-refractivity contribution in [3.8, 4) is 11.4 Å². The fourth-order valence-corrected chi connectivity index (χ4v) is 2.69. The first-order valence-electron chi connectivity index (χ1n) is 6.05. The number of nitrogens with two attached hydrogens (primary N) is 1. The summed E-state index contributed by atoms with van der Waals surface area (Å²) in [5.74, 6) is 1.18. The van der Waals surface area contributed by atoms with Gasteiger partial charge in [-0.25, -0.2) is 9.97 Å². The van der Waals surface area contributed by atoms with Crippen molar-refractivity contribution in [2.75, 3.05) is 12.8 Å². The lowest BCUT2D eigenvalue weighted by molar-refractivity contribution is 0.412. The van der Waals surface area contributed by atoms with Gasteiger partial charge < -0.3 is 10.5 Å². The van der Waals surface area contributed by atoms with Crippen LogP contribution in [0.3, 0.4) is 0 Å². The molecule has 0 fully saturated rings. The number of ether oxygens (including phenoxy) is 1. The van der Waals surface area contributed by atoms with Crippen molar-refractivity contribution in [1.82, 2.24) is 14.5 Å². The van der Waals surface area contributed by atoms with Gasteiger partial charge in [0.15, 0.2) is 5.65 Å². The summed E-state index contributed by atoms with van der Waals surface area (Å²) in [6.45, 7) is 1.99. The van der Waals surface area contributed by atoms with Crippen LogP contribution in [0.25, 0.3) is 16.9 Å². The number of imidazole rings is 1. The Labute approximate surface area is 124 Å². The Hall–Kier alpha value is -2.08. The third-order valence-corrected chi connectivity index (χ3v) is 3.79. The van der Waals surface area contributed by atoms with E-state index in [9.17, 15) is 0 Å². The maximum Gasteiger partial charge on any atom is 0.207 e. The van der Waals surface area contributed by atoms with E-state index in [0.717, 1.165) is 32.6 Å². The van der Waals surface area contributed by atoms with Gasteiger partial charge in [0.25, 0.3) is 0 Å². The van der Waals surface area contributed by atoms with Crippen LogP contribution < -0.4 is 10.5 Å². The summed E-state index contributed by atoms with van der Waals surface area (Å²) in [6.07, 6.45) is 1.76. The van der Waals surface area contributed by atoms with Gasteiger partial charge >= 0.3 is 0 Å². The van der Waals surface area contributed by atoms with Gasteiger partial charge in [0.2, 0.25) is 5.95 Å². The van der Waals surface area contributed by atoms with Crippen molar-refractivity contribution in [2.45, 2.75) is 6.92 Å². The van der Waals surface area contributed by atoms with Gasteiger partial charge in [-0.3, -0.25) is 4.57 Å². The molecule has 3 aromatic rings. The minimum Gasteiger partial charge on any atom is -0.496 e. The van der Waals surface area contributed by atoms with Crippen LogP contribution in [0.15, 0.2) is 34.9 Å². The Bertz CT molecular complexity index is 797. The molecule has 20 heavy (non-hydrogen) atoms. The summed E-state index contributed by atoms with van der Waals surface area (Å²) in [5, 5.41) is 0. The molecule has 0 amide bonds. The highest BCUT2D eigenvalue weighted by molar-refractivity contribution is 9.10. The molecule has 0 spiro atoms. The molecule has 2 aromatic heterocycles. The number of hydrogen-bond donors (Lipinski definition) is 1. The van der Waals surface area contributed by atoms with Crippen LogP contribution in [-0.2, 0) is 0 Å². The second kappa shape index (κ2) is 4.79. The number of nitrogen functional groups attached to an aromatic ring is 1. The highest BCUT2D eigenvalue weighted by atomic mass is 79.9. The predicted molar refractivity (Wildman–Crippen MR) is 82.3 cm³/mol. The van der Waals surface area contributed by atoms with Crippen molar-refractivity contribution in [1.29, 1.82) is 0 Å². The molecule has 2 N–H and O–H groups in total. The number of methoxy groups -OCH3 is 1. The number of benzene rings is 1. The number of hydrogen-bond acceptors (Lipinski definition) is 4. The zero-order chi connectivity index (χ0) is 14.3. The monoisotopic (exact) mass is 332 g/mol. The molecule has 0 radical (unpaired) electrons. The molecule has 0 aliphatic rings. The standard InChI is InChI=1S/C14H13BrN4O/c1-8-5-6-17-13-12(8)18-14(16)19(13)9-3-4-11(20-2)10(15)7-9/h3-7H,1-2H3,(H2,16,18). The Balaban J connectivity index is 2.27. The zero-order valence-corrected chi connectivity index (χ0v) is 12.7. The first-order valence-corrected chi connectivity index (χ1v) is 6.84. The van der Waals surface area contributed by atoms with Gasteiger partial charge in [0.05, 0.1) is 17.3 Å². The molecule has 0 atom stereocenters. The quantitative estimate of drug-likeness (QED) is 0.783. The van der Waals surface area contributed by atoms with Crippen molar-refractivity contribution < 1.29 is 4.74 Å². The maximum absolute atomic E-state index is 6.04. The molecule has 0 unspecified atom stereocenters. The maximum atomic E-state index is 6.04. The van der Waals surface area contributed by atoms with Crippen LogP contribution in [0.2, 0.25) is 0 Å². The zero-order valence-electron chi connectivity index (χ0n) is 11.1. The van der Waals surface area contributed by atoms with Crippen molar-refractivity contribution >= 4 is 33.0 Å². The summed E-state index contributed by atoms with van der Waals surface area (Å²) in [5.41, 5.74) is 9.54. The second-order valence-electron chi connectivity index (χ2n) is 4.42. The average Bonchev–Trinajstić information content (AvgIpc) is 2.76. The molecular weight excluding hydrogens is 320 g/mol. The summed E-state index contributed by atoms with van der Waals surface area (Å²) in [6, 6.07) is 7.65. The molecule has 0 saturated heterocycles. The van der Waals surface area contributed by atoms with E-state index in [4.69, 9.17) is 10.5 Å². The molecule has 1 aromatic carbocycles. The van der Waals surface area contributed by atoms with Crippen molar-refractivity contribution in [2.24, 2.45) is 0 Å². The van der Waals surface area contributed by atoms with Crippen molar-refractivity contribution in [3.05, 3.63) is 40.5 Å². The predicted octanol–water partition coefficient (Wildman–Crippen LogP) is 3.08. The lowest BCUT2D eigenvalue weighted by Gasteiger charge is -2.09. The normalized spacial score (nSPS) is 10.9. The number of nitrogens with zero attached hydrogens (tertiary/aromatic N) is 3. The van der Waals surface area contributed by atoms with E-state index in [1.54, 1.807) is 13.3 Å². The summed E-state index contributed by atoms with van der Waals surface area (Å²) in [4.78, 5) is 8.78. The van der Waals surface area contributed by atoms with Crippen LogP contribution in [0.5, 0.6) is 5.75 Å². The van der Waals surface area contributed by atoms with Crippen LogP contribution in [-0.4, -0.2) is 21.6 Å². The lowest BCUT2D eigenvalue weighted by Crippen LogP contribution is -2.01. The number of rotatable bonds is 2. The summed E-state index contributed by atoms with van der Waals surface area (Å²) < 4.78 is 7.91. The number of halogens is 1. The Morgan fingerprint density at radius 2 is 2.10 bits per heavy atom. The SMILES string of the molecule is COc1ccc(-n2c(N)nc3c(C)ccnc32)cc1Br. The molecule has 6 heteroatoms. The average molecular weight is 333 g/mol. The van der Waals surface area contributed by atoms with Gasteiger partial charge in [0, 0.05) is 6.20 Å². The number of aryl methyl sites for hydroxylation is 1. The van der Waals surface area contributed by atoms with Crippen molar-refractivity contribution in [3.63, 3.8) is 0 Å². The molecule has 0 bridgehead atoms. The molecule has 0 aliphatic carbocycles. The second-order valence-corrected chi connectivity index (χ2v) is 5.28. The van der Waals surface area contributed by atoms with Crippen LogP contribution >= 0.6 is 15.9 Å². The first-order chi connectivity index (χ1) is 9.61. The minimum atomic E-state index is 0.416. The number of aromatic nitrogens is 3. The molecule has 0 saturated carbocycles. The minimum absolute atomic E-state index is 0.416. The van der Waals surface area contributed by atoms with Gasteiger partial charge in [0.1, 0.15) is 11.3 Å².